The number of benzene rings is 1. The molecule has 3 aliphatic rings. The lowest BCUT2D eigenvalue weighted by atomic mass is 9.78. The highest BCUT2D eigenvalue weighted by Crippen LogP contribution is 2.42. The molecule has 0 radical (unpaired) electrons. The average Bonchev–Trinajstić information content (AvgIpc) is 2.96. The van der Waals surface area contributed by atoms with E-state index in [0.29, 0.717) is 18.6 Å². The van der Waals surface area contributed by atoms with E-state index in [0.717, 1.165) is 23.8 Å². The van der Waals surface area contributed by atoms with Gasteiger partial charge in [-0.2, -0.15) is 0 Å². The van der Waals surface area contributed by atoms with E-state index in [4.69, 9.17) is 14.2 Å². The van der Waals surface area contributed by atoms with Crippen LogP contribution in [0.5, 0.6) is 17.2 Å². The zero-order valence-corrected chi connectivity index (χ0v) is 15.1. The summed E-state index contributed by atoms with van der Waals surface area (Å²) in [4.78, 5) is 2.58. The fraction of sp³-hybridized carbons (Fsp3) is 0.667. The van der Waals surface area contributed by atoms with Crippen LogP contribution in [0.15, 0.2) is 12.1 Å². The lowest BCUT2D eigenvalue weighted by Gasteiger charge is -2.34. The highest BCUT2D eigenvalue weighted by atomic mass is 35.5. The van der Waals surface area contributed by atoms with Crippen molar-refractivity contribution in [3.05, 3.63) is 17.7 Å². The van der Waals surface area contributed by atoms with Gasteiger partial charge in [0.2, 0.25) is 5.75 Å². The molecule has 3 aliphatic heterocycles. The summed E-state index contributed by atoms with van der Waals surface area (Å²) in [6.07, 6.45) is 3.96. The molecule has 2 saturated heterocycles. The molecule has 5 nitrogen and oxygen atoms in total. The Bertz CT molecular complexity index is 558. The first-order chi connectivity index (χ1) is 11.3. The first-order valence-corrected chi connectivity index (χ1v) is 8.68. The van der Waals surface area contributed by atoms with E-state index in [1.807, 2.05) is 0 Å². The van der Waals surface area contributed by atoms with Crippen LogP contribution in [0.4, 0.5) is 0 Å². The molecule has 3 heterocycles. The van der Waals surface area contributed by atoms with E-state index in [-0.39, 0.29) is 12.4 Å². The summed E-state index contributed by atoms with van der Waals surface area (Å²) in [6.45, 7) is 6.91. The maximum atomic E-state index is 5.75. The fourth-order valence-electron chi connectivity index (χ4n) is 4.20. The van der Waals surface area contributed by atoms with Gasteiger partial charge in [-0.25, -0.2) is 0 Å². The molecule has 24 heavy (non-hydrogen) atoms. The number of ether oxygens (including phenoxy) is 3. The largest absolute Gasteiger partial charge is 0.493 e. The second-order valence-electron chi connectivity index (χ2n) is 7.03. The van der Waals surface area contributed by atoms with Gasteiger partial charge in [0.25, 0.3) is 0 Å². The Morgan fingerprint density at radius 1 is 1.17 bits per heavy atom. The molecule has 0 amide bonds. The number of nitrogens with zero attached hydrogens (tertiary/aromatic N) is 1. The SMILES string of the molecule is COc1cc(CN2CCC3(CCNCC3)C2)cc2c1OCCO2.Cl. The van der Waals surface area contributed by atoms with Crippen molar-refractivity contribution in [1.82, 2.24) is 10.2 Å². The Balaban J connectivity index is 0.00000169. The molecule has 0 aromatic heterocycles. The van der Waals surface area contributed by atoms with Gasteiger partial charge in [-0.1, -0.05) is 0 Å². The molecule has 134 valence electrons. The van der Waals surface area contributed by atoms with Crippen molar-refractivity contribution < 1.29 is 14.2 Å². The summed E-state index contributed by atoms with van der Waals surface area (Å²) in [5.41, 5.74) is 1.79. The normalized spacial score (nSPS) is 22.2. The summed E-state index contributed by atoms with van der Waals surface area (Å²) in [5, 5.41) is 3.48. The van der Waals surface area contributed by atoms with Crippen LogP contribution in [-0.4, -0.2) is 51.4 Å². The van der Waals surface area contributed by atoms with Crippen LogP contribution in [0.3, 0.4) is 0 Å². The van der Waals surface area contributed by atoms with Gasteiger partial charge in [0.1, 0.15) is 13.2 Å². The molecular weight excluding hydrogens is 328 g/mol. The minimum atomic E-state index is 0. The van der Waals surface area contributed by atoms with Crippen LogP contribution < -0.4 is 19.5 Å². The monoisotopic (exact) mass is 354 g/mol. The third-order valence-electron chi connectivity index (χ3n) is 5.48. The first-order valence-electron chi connectivity index (χ1n) is 8.68. The quantitative estimate of drug-likeness (QED) is 0.903. The Labute approximate surface area is 150 Å². The highest BCUT2D eigenvalue weighted by Gasteiger charge is 2.38. The van der Waals surface area contributed by atoms with E-state index in [9.17, 15) is 0 Å². The van der Waals surface area contributed by atoms with Crippen LogP contribution in [-0.2, 0) is 6.54 Å². The van der Waals surface area contributed by atoms with E-state index >= 15 is 0 Å². The average molecular weight is 355 g/mol. The van der Waals surface area contributed by atoms with Gasteiger partial charge in [0, 0.05) is 13.1 Å². The summed E-state index contributed by atoms with van der Waals surface area (Å²) in [6, 6.07) is 4.21. The van der Waals surface area contributed by atoms with Crippen LogP contribution >= 0.6 is 12.4 Å². The van der Waals surface area contributed by atoms with Crippen LogP contribution in [0, 0.1) is 5.41 Å². The molecule has 0 aliphatic carbocycles. The maximum Gasteiger partial charge on any atom is 0.203 e. The molecule has 6 heteroatoms. The Hall–Kier alpha value is -1.17. The Morgan fingerprint density at radius 3 is 2.75 bits per heavy atom. The van der Waals surface area contributed by atoms with Crippen LogP contribution in [0.25, 0.3) is 0 Å². The van der Waals surface area contributed by atoms with Gasteiger partial charge in [0.05, 0.1) is 7.11 Å². The summed E-state index contributed by atoms with van der Waals surface area (Å²) >= 11 is 0. The predicted octanol–water partition coefficient (Wildman–Crippen LogP) is 2.46. The van der Waals surface area contributed by atoms with Gasteiger partial charge in [-0.05, 0) is 62.0 Å². The number of piperidine rings is 1. The lowest BCUT2D eigenvalue weighted by molar-refractivity contribution is 0.164. The summed E-state index contributed by atoms with van der Waals surface area (Å²) in [7, 11) is 1.69. The minimum absolute atomic E-state index is 0. The van der Waals surface area contributed by atoms with Crippen molar-refractivity contribution in [3.8, 4) is 17.2 Å². The van der Waals surface area contributed by atoms with Gasteiger partial charge < -0.3 is 19.5 Å². The predicted molar refractivity (Wildman–Crippen MR) is 95.7 cm³/mol. The van der Waals surface area contributed by atoms with Crippen molar-refractivity contribution >= 4 is 12.4 Å². The number of nitrogens with one attached hydrogen (secondary N) is 1. The second-order valence-corrected chi connectivity index (χ2v) is 7.03. The van der Waals surface area contributed by atoms with Crippen LogP contribution in [0.2, 0.25) is 0 Å². The highest BCUT2D eigenvalue weighted by molar-refractivity contribution is 5.85. The topological polar surface area (TPSA) is 43.0 Å². The Morgan fingerprint density at radius 2 is 1.96 bits per heavy atom. The Kier molecular flexibility index (Phi) is 5.42. The maximum absolute atomic E-state index is 5.75. The lowest BCUT2D eigenvalue weighted by Crippen LogP contribution is -2.38. The van der Waals surface area contributed by atoms with E-state index in [1.54, 1.807) is 7.11 Å². The van der Waals surface area contributed by atoms with Crippen molar-refractivity contribution in [1.29, 1.82) is 0 Å². The molecule has 1 aromatic rings. The molecule has 2 fully saturated rings. The molecule has 1 aromatic carbocycles. The first kappa shape index (κ1) is 17.6. The van der Waals surface area contributed by atoms with Crippen LogP contribution in [0.1, 0.15) is 24.8 Å². The van der Waals surface area contributed by atoms with Gasteiger partial charge >= 0.3 is 0 Å². The van der Waals surface area contributed by atoms with Crippen molar-refractivity contribution in [3.63, 3.8) is 0 Å². The third-order valence-corrected chi connectivity index (χ3v) is 5.48. The second kappa shape index (κ2) is 7.38. The van der Waals surface area contributed by atoms with E-state index in [2.05, 4.69) is 22.3 Å². The van der Waals surface area contributed by atoms with Crippen molar-refractivity contribution in [2.45, 2.75) is 25.8 Å². The molecule has 4 rings (SSSR count). The number of hydrogen-bond acceptors (Lipinski definition) is 5. The number of halogens is 1. The molecule has 0 unspecified atom stereocenters. The molecule has 0 saturated carbocycles. The molecular formula is C18H27ClN2O3. The number of methoxy groups -OCH3 is 1. The van der Waals surface area contributed by atoms with E-state index in [1.165, 1.54) is 51.0 Å². The summed E-state index contributed by atoms with van der Waals surface area (Å²) < 4.78 is 16.9. The van der Waals surface area contributed by atoms with E-state index < -0.39 is 0 Å². The number of fused-ring (bicyclic) bond motifs is 1. The van der Waals surface area contributed by atoms with Crippen molar-refractivity contribution in [2.24, 2.45) is 5.41 Å². The standard InChI is InChI=1S/C18H26N2O3.ClH/c1-21-15-10-14(11-16-17(15)23-9-8-22-16)12-20-7-4-18(13-20)2-5-19-6-3-18;/h10-11,19H,2-9,12-13H2,1H3;1H. The van der Waals surface area contributed by atoms with Gasteiger partial charge in [0.15, 0.2) is 11.5 Å². The minimum Gasteiger partial charge on any atom is -0.493 e. The molecule has 1 N–H and O–H groups in total. The third kappa shape index (κ3) is 3.44. The number of rotatable bonds is 3. The zero-order valence-electron chi connectivity index (χ0n) is 14.3. The molecule has 1 spiro atoms. The van der Waals surface area contributed by atoms with Crippen molar-refractivity contribution in [2.75, 3.05) is 46.5 Å². The smallest absolute Gasteiger partial charge is 0.203 e. The number of likely N-dealkylation sites (tertiary alicyclic amines) is 1. The summed E-state index contributed by atoms with van der Waals surface area (Å²) in [5.74, 6) is 2.35. The number of hydrogen-bond donors (Lipinski definition) is 1. The molecule has 0 atom stereocenters. The molecule has 0 bridgehead atoms. The van der Waals surface area contributed by atoms with Gasteiger partial charge in [-0.3, -0.25) is 4.90 Å². The zero-order chi connectivity index (χ0) is 15.7. The van der Waals surface area contributed by atoms with Gasteiger partial charge in [-0.15, -0.1) is 12.4 Å². The fourth-order valence-corrected chi connectivity index (χ4v) is 4.20.